The van der Waals surface area contributed by atoms with Gasteiger partial charge >= 0.3 is 0 Å². The smallest absolute Gasteiger partial charge is 0.246 e. The first kappa shape index (κ1) is 15.2. The van der Waals surface area contributed by atoms with Gasteiger partial charge in [-0.05, 0) is 24.3 Å². The number of hydrogen-bond donors (Lipinski definition) is 1. The second-order valence-corrected chi connectivity index (χ2v) is 7.32. The second-order valence-electron chi connectivity index (χ2n) is 5.41. The molecule has 4 nitrogen and oxygen atoms in total. The summed E-state index contributed by atoms with van der Waals surface area (Å²) in [6.07, 6.45) is 0.721. The van der Waals surface area contributed by atoms with Crippen molar-refractivity contribution >= 4 is 15.7 Å². The normalized spacial score (nSPS) is 24.8. The van der Waals surface area contributed by atoms with Crippen LogP contribution in [0, 0.1) is 23.5 Å². The van der Waals surface area contributed by atoms with Gasteiger partial charge in [-0.2, -0.15) is 4.31 Å². The van der Waals surface area contributed by atoms with Crippen molar-refractivity contribution in [3.05, 3.63) is 23.8 Å². The number of rotatable bonds is 2. The first-order valence-electron chi connectivity index (χ1n) is 6.48. The van der Waals surface area contributed by atoms with Crippen molar-refractivity contribution in [2.75, 3.05) is 18.8 Å². The van der Waals surface area contributed by atoms with Gasteiger partial charge in [-0.15, -0.1) is 0 Å². The van der Waals surface area contributed by atoms with Gasteiger partial charge in [-0.1, -0.05) is 13.8 Å². The minimum Gasteiger partial charge on any atom is -0.396 e. The Labute approximate surface area is 117 Å². The molecule has 1 heterocycles. The fourth-order valence-corrected chi connectivity index (χ4v) is 3.96. The van der Waals surface area contributed by atoms with Crippen LogP contribution in [0.2, 0.25) is 0 Å². The minimum atomic E-state index is -3.98. The Balaban J connectivity index is 2.38. The predicted molar refractivity (Wildman–Crippen MR) is 72.5 cm³/mol. The van der Waals surface area contributed by atoms with Gasteiger partial charge in [0.25, 0.3) is 0 Å². The zero-order chi connectivity index (χ0) is 15.1. The van der Waals surface area contributed by atoms with E-state index < -0.39 is 26.6 Å². The van der Waals surface area contributed by atoms with Crippen LogP contribution in [0.4, 0.5) is 14.5 Å². The van der Waals surface area contributed by atoms with Crippen molar-refractivity contribution < 1.29 is 17.2 Å². The lowest BCUT2D eigenvalue weighted by molar-refractivity contribution is 0.212. The van der Waals surface area contributed by atoms with Gasteiger partial charge in [0.15, 0.2) is 0 Å². The third-order valence-corrected chi connectivity index (χ3v) is 5.85. The Bertz CT molecular complexity index is 619. The zero-order valence-corrected chi connectivity index (χ0v) is 12.3. The summed E-state index contributed by atoms with van der Waals surface area (Å²) in [5.74, 6) is -1.45. The molecular formula is C13H18F2N2O2S. The standard InChI is InChI=1S/C13H18F2N2O2S/c1-8-3-4-17(7-9(8)2)20(18,19)13-6-12(16)10(14)5-11(13)15/h5-6,8-9H,3-4,7,16H2,1-2H3. The molecular weight excluding hydrogens is 286 g/mol. The van der Waals surface area contributed by atoms with Gasteiger partial charge in [-0.3, -0.25) is 0 Å². The first-order chi connectivity index (χ1) is 9.23. The van der Waals surface area contributed by atoms with Crippen LogP contribution in [-0.4, -0.2) is 25.8 Å². The van der Waals surface area contributed by atoms with E-state index in [2.05, 4.69) is 6.92 Å². The van der Waals surface area contributed by atoms with E-state index in [0.29, 0.717) is 25.1 Å². The number of halogens is 2. The Kier molecular flexibility index (Phi) is 4.02. The molecule has 0 saturated carbocycles. The van der Waals surface area contributed by atoms with Crippen LogP contribution < -0.4 is 5.73 Å². The summed E-state index contributed by atoms with van der Waals surface area (Å²) < 4.78 is 53.0. The van der Waals surface area contributed by atoms with Crippen molar-refractivity contribution in [3.63, 3.8) is 0 Å². The third kappa shape index (κ3) is 2.64. The van der Waals surface area contributed by atoms with Gasteiger partial charge in [-0.25, -0.2) is 17.2 Å². The molecule has 0 amide bonds. The van der Waals surface area contributed by atoms with Gasteiger partial charge in [0.1, 0.15) is 16.5 Å². The van der Waals surface area contributed by atoms with E-state index in [4.69, 9.17) is 5.73 Å². The van der Waals surface area contributed by atoms with E-state index in [1.54, 1.807) is 0 Å². The van der Waals surface area contributed by atoms with Crippen molar-refractivity contribution in [1.82, 2.24) is 4.31 Å². The molecule has 112 valence electrons. The van der Waals surface area contributed by atoms with Crippen LogP contribution in [0.5, 0.6) is 0 Å². The maximum atomic E-state index is 13.8. The number of sulfonamides is 1. The largest absolute Gasteiger partial charge is 0.396 e. The van der Waals surface area contributed by atoms with E-state index in [9.17, 15) is 17.2 Å². The van der Waals surface area contributed by atoms with Crippen LogP contribution in [0.3, 0.4) is 0 Å². The number of anilines is 1. The molecule has 7 heteroatoms. The van der Waals surface area contributed by atoms with Gasteiger partial charge < -0.3 is 5.73 Å². The lowest BCUT2D eigenvalue weighted by Gasteiger charge is -2.34. The minimum absolute atomic E-state index is 0.194. The maximum Gasteiger partial charge on any atom is 0.246 e. The van der Waals surface area contributed by atoms with E-state index in [-0.39, 0.29) is 11.6 Å². The quantitative estimate of drug-likeness (QED) is 0.852. The Hall–Kier alpha value is -1.21. The summed E-state index contributed by atoms with van der Waals surface area (Å²) in [6, 6.07) is 1.36. The summed E-state index contributed by atoms with van der Waals surface area (Å²) in [5, 5.41) is 0. The molecule has 0 bridgehead atoms. The highest BCUT2D eigenvalue weighted by molar-refractivity contribution is 7.89. The molecule has 2 atom stereocenters. The second kappa shape index (κ2) is 5.29. The molecule has 1 aromatic carbocycles. The summed E-state index contributed by atoms with van der Waals surface area (Å²) in [4.78, 5) is -0.557. The molecule has 0 aromatic heterocycles. The number of nitrogen functional groups attached to an aromatic ring is 1. The van der Waals surface area contributed by atoms with E-state index >= 15 is 0 Å². The van der Waals surface area contributed by atoms with Crippen molar-refractivity contribution in [2.45, 2.75) is 25.2 Å². The van der Waals surface area contributed by atoms with Crippen LogP contribution in [0.1, 0.15) is 20.3 Å². The third-order valence-electron chi connectivity index (χ3n) is 3.97. The molecule has 0 aliphatic carbocycles. The van der Waals surface area contributed by atoms with Crippen molar-refractivity contribution in [3.8, 4) is 0 Å². The molecule has 1 aliphatic heterocycles. The number of hydrogen-bond acceptors (Lipinski definition) is 3. The molecule has 1 fully saturated rings. The van der Waals surface area contributed by atoms with Gasteiger partial charge in [0.05, 0.1) is 5.69 Å². The fraction of sp³-hybridized carbons (Fsp3) is 0.538. The number of piperidine rings is 1. The van der Waals surface area contributed by atoms with Gasteiger partial charge in [0, 0.05) is 19.2 Å². The average molecular weight is 304 g/mol. The molecule has 2 unspecified atom stereocenters. The van der Waals surface area contributed by atoms with Crippen molar-refractivity contribution in [1.29, 1.82) is 0 Å². The highest BCUT2D eigenvalue weighted by Gasteiger charge is 2.33. The molecule has 2 rings (SSSR count). The molecule has 0 spiro atoms. The Morgan fingerprint density at radius 3 is 2.45 bits per heavy atom. The summed E-state index contributed by atoms with van der Waals surface area (Å²) in [6.45, 7) is 4.69. The molecule has 2 N–H and O–H groups in total. The highest BCUT2D eigenvalue weighted by Crippen LogP contribution is 2.29. The SMILES string of the molecule is CC1CCN(S(=O)(=O)c2cc(N)c(F)cc2F)CC1C. The van der Waals surface area contributed by atoms with Crippen LogP contribution in [-0.2, 0) is 10.0 Å². The van der Waals surface area contributed by atoms with E-state index in [1.165, 1.54) is 4.31 Å². The highest BCUT2D eigenvalue weighted by atomic mass is 32.2. The van der Waals surface area contributed by atoms with E-state index in [0.717, 1.165) is 12.5 Å². The molecule has 1 aromatic rings. The van der Waals surface area contributed by atoms with Crippen LogP contribution in [0.15, 0.2) is 17.0 Å². The predicted octanol–water partition coefficient (Wildman–Crippen LogP) is 2.21. The lowest BCUT2D eigenvalue weighted by Crippen LogP contribution is -2.42. The van der Waals surface area contributed by atoms with Crippen LogP contribution in [0.25, 0.3) is 0 Å². The summed E-state index contributed by atoms with van der Waals surface area (Å²) in [5.41, 5.74) is 4.97. The van der Waals surface area contributed by atoms with Crippen LogP contribution >= 0.6 is 0 Å². The number of nitrogens with zero attached hydrogens (tertiary/aromatic N) is 1. The summed E-state index contributed by atoms with van der Waals surface area (Å²) in [7, 11) is -3.98. The maximum absolute atomic E-state index is 13.8. The molecule has 1 aliphatic rings. The molecule has 20 heavy (non-hydrogen) atoms. The lowest BCUT2D eigenvalue weighted by atomic mass is 9.90. The average Bonchev–Trinajstić information content (AvgIpc) is 2.36. The number of nitrogens with two attached hydrogens (primary N) is 1. The molecule has 1 saturated heterocycles. The Morgan fingerprint density at radius 2 is 1.85 bits per heavy atom. The topological polar surface area (TPSA) is 63.4 Å². The van der Waals surface area contributed by atoms with Crippen molar-refractivity contribution in [2.24, 2.45) is 11.8 Å². The Morgan fingerprint density at radius 1 is 1.20 bits per heavy atom. The number of benzene rings is 1. The van der Waals surface area contributed by atoms with Gasteiger partial charge in [0.2, 0.25) is 10.0 Å². The summed E-state index contributed by atoms with van der Waals surface area (Å²) >= 11 is 0. The molecule has 0 radical (unpaired) electrons. The monoisotopic (exact) mass is 304 g/mol. The van der Waals surface area contributed by atoms with E-state index in [1.807, 2.05) is 6.92 Å². The first-order valence-corrected chi connectivity index (χ1v) is 7.92. The zero-order valence-electron chi connectivity index (χ0n) is 11.4. The fourth-order valence-electron chi connectivity index (χ4n) is 2.32.